The highest BCUT2D eigenvalue weighted by Gasteiger charge is 2.29. The number of carbonyl (C=O) groups excluding carboxylic acids is 1. The highest BCUT2D eigenvalue weighted by atomic mass is 32.2. The molecule has 3 rings (SSSR count). The number of aliphatic imine (C=N–C) groups is 1. The third-order valence-corrected chi connectivity index (χ3v) is 4.66. The van der Waals surface area contributed by atoms with Crippen molar-refractivity contribution in [1.82, 2.24) is 0 Å². The molecule has 4 heteroatoms. The molecule has 0 aromatic heterocycles. The van der Waals surface area contributed by atoms with Crippen molar-refractivity contribution in [2.24, 2.45) is 4.99 Å². The summed E-state index contributed by atoms with van der Waals surface area (Å²) in [6.07, 6.45) is 0. The van der Waals surface area contributed by atoms with Crippen LogP contribution in [0.5, 0.6) is 0 Å². The highest BCUT2D eigenvalue weighted by Crippen LogP contribution is 2.29. The molecule has 0 radical (unpaired) electrons. The zero-order valence-corrected chi connectivity index (χ0v) is 13.8. The van der Waals surface area contributed by atoms with Gasteiger partial charge in [0.15, 0.2) is 5.17 Å². The van der Waals surface area contributed by atoms with E-state index >= 15 is 0 Å². The molecule has 0 spiro atoms. The number of hydrogen-bond donors (Lipinski definition) is 0. The van der Waals surface area contributed by atoms with Crippen LogP contribution in [0, 0.1) is 0 Å². The molecule has 23 heavy (non-hydrogen) atoms. The van der Waals surface area contributed by atoms with Gasteiger partial charge in [0.05, 0.1) is 11.7 Å². The molecule has 1 atom stereocenters. The van der Waals surface area contributed by atoms with Crippen LogP contribution >= 0.6 is 11.8 Å². The molecule has 116 valence electrons. The van der Waals surface area contributed by atoms with Gasteiger partial charge in [-0.05, 0) is 31.2 Å². The fraction of sp³-hybridized carbons (Fsp3) is 0.158. The third-order valence-electron chi connectivity index (χ3n) is 3.63. The van der Waals surface area contributed by atoms with Crippen molar-refractivity contribution in [3.8, 4) is 0 Å². The van der Waals surface area contributed by atoms with Crippen LogP contribution in [0.15, 0.2) is 77.8 Å². The summed E-state index contributed by atoms with van der Waals surface area (Å²) in [5.41, 5.74) is 2.50. The van der Waals surface area contributed by atoms with E-state index in [0.29, 0.717) is 5.56 Å². The standard InChI is InChI=1S/C19H18N2OS/c1-14(2)17-13-23-19(20-17)21(16-11-7-4-8-12-16)18(22)15-9-5-3-6-10-15/h3-12,17H,1,13H2,2H3/t17-/m0/s1. The van der Waals surface area contributed by atoms with Crippen molar-refractivity contribution in [2.45, 2.75) is 13.0 Å². The molecular formula is C19H18N2OS. The third kappa shape index (κ3) is 3.37. The van der Waals surface area contributed by atoms with Crippen LogP contribution in [0.25, 0.3) is 0 Å². The Morgan fingerprint density at radius 3 is 2.30 bits per heavy atom. The van der Waals surface area contributed by atoms with Crippen molar-refractivity contribution in [2.75, 3.05) is 10.7 Å². The molecular weight excluding hydrogens is 304 g/mol. The number of amidine groups is 1. The molecule has 0 N–H and O–H groups in total. The van der Waals surface area contributed by atoms with Gasteiger partial charge < -0.3 is 0 Å². The van der Waals surface area contributed by atoms with Crippen LogP contribution in [0.2, 0.25) is 0 Å². The van der Waals surface area contributed by atoms with Gasteiger partial charge in [0, 0.05) is 11.3 Å². The lowest BCUT2D eigenvalue weighted by Gasteiger charge is -2.22. The maximum atomic E-state index is 13.0. The molecule has 1 amide bonds. The van der Waals surface area contributed by atoms with E-state index in [1.54, 1.807) is 16.7 Å². The van der Waals surface area contributed by atoms with E-state index in [9.17, 15) is 4.79 Å². The van der Waals surface area contributed by atoms with E-state index in [-0.39, 0.29) is 11.9 Å². The fourth-order valence-corrected chi connectivity index (χ4v) is 3.52. The number of nitrogens with zero attached hydrogens (tertiary/aromatic N) is 2. The van der Waals surface area contributed by atoms with Gasteiger partial charge in [0.2, 0.25) is 0 Å². The van der Waals surface area contributed by atoms with E-state index in [4.69, 9.17) is 4.99 Å². The maximum absolute atomic E-state index is 13.0. The molecule has 0 fully saturated rings. The number of anilines is 1. The summed E-state index contributed by atoms with van der Waals surface area (Å²) in [7, 11) is 0. The van der Waals surface area contributed by atoms with Crippen molar-refractivity contribution < 1.29 is 4.79 Å². The van der Waals surface area contributed by atoms with E-state index in [2.05, 4.69) is 6.58 Å². The first-order chi connectivity index (χ1) is 11.2. The zero-order valence-electron chi connectivity index (χ0n) is 13.0. The van der Waals surface area contributed by atoms with Gasteiger partial charge in [-0.1, -0.05) is 60.3 Å². The lowest BCUT2D eigenvalue weighted by molar-refractivity contribution is 0.100. The van der Waals surface area contributed by atoms with Gasteiger partial charge in [-0.25, -0.2) is 0 Å². The van der Waals surface area contributed by atoms with Gasteiger partial charge in [-0.3, -0.25) is 14.7 Å². The van der Waals surface area contributed by atoms with E-state index in [0.717, 1.165) is 22.2 Å². The molecule has 1 heterocycles. The average Bonchev–Trinajstić information content (AvgIpc) is 3.07. The summed E-state index contributed by atoms with van der Waals surface area (Å²) in [5.74, 6) is 0.765. The Morgan fingerprint density at radius 1 is 1.13 bits per heavy atom. The molecule has 0 saturated heterocycles. The Kier molecular flexibility index (Phi) is 4.63. The Labute approximate surface area is 140 Å². The summed E-state index contributed by atoms with van der Waals surface area (Å²) in [5, 5.41) is 0.734. The van der Waals surface area contributed by atoms with Crippen LogP contribution in [0.3, 0.4) is 0 Å². The molecule has 2 aromatic rings. The molecule has 2 aromatic carbocycles. The SMILES string of the molecule is C=C(C)[C@@H]1CSC(N(C(=O)c2ccccc2)c2ccccc2)=N1. The van der Waals surface area contributed by atoms with Gasteiger partial charge in [0.25, 0.3) is 5.91 Å². The average molecular weight is 322 g/mol. The predicted molar refractivity (Wildman–Crippen MR) is 98.2 cm³/mol. The van der Waals surface area contributed by atoms with E-state index < -0.39 is 0 Å². The summed E-state index contributed by atoms with van der Waals surface area (Å²) < 4.78 is 0. The summed E-state index contributed by atoms with van der Waals surface area (Å²) in [6, 6.07) is 19.0. The van der Waals surface area contributed by atoms with Crippen LogP contribution < -0.4 is 4.90 Å². The van der Waals surface area contributed by atoms with Crippen LogP contribution in [0.4, 0.5) is 5.69 Å². The van der Waals surface area contributed by atoms with E-state index in [1.165, 1.54) is 0 Å². The zero-order chi connectivity index (χ0) is 16.2. The normalized spacial score (nSPS) is 16.7. The van der Waals surface area contributed by atoms with Crippen LogP contribution in [-0.2, 0) is 0 Å². The van der Waals surface area contributed by atoms with E-state index in [1.807, 2.05) is 67.6 Å². The monoisotopic (exact) mass is 322 g/mol. The summed E-state index contributed by atoms with van der Waals surface area (Å²) in [4.78, 5) is 19.4. The predicted octanol–water partition coefficient (Wildman–Crippen LogP) is 4.38. The van der Waals surface area contributed by atoms with Gasteiger partial charge in [-0.15, -0.1) is 0 Å². The number of benzene rings is 2. The van der Waals surface area contributed by atoms with Crippen molar-refractivity contribution in [3.63, 3.8) is 0 Å². The first-order valence-corrected chi connectivity index (χ1v) is 8.46. The minimum absolute atomic E-state index is 0.0644. The smallest absolute Gasteiger partial charge is 0.264 e. The second-order valence-electron chi connectivity index (χ2n) is 5.43. The second kappa shape index (κ2) is 6.84. The Balaban J connectivity index is 2.00. The Bertz CT molecular complexity index is 740. The van der Waals surface area contributed by atoms with Gasteiger partial charge in [-0.2, -0.15) is 0 Å². The van der Waals surface area contributed by atoms with Crippen molar-refractivity contribution in [3.05, 3.63) is 78.4 Å². The first-order valence-electron chi connectivity index (χ1n) is 7.47. The lowest BCUT2D eigenvalue weighted by Crippen LogP contribution is -2.34. The first kappa shape index (κ1) is 15.6. The molecule has 0 aliphatic carbocycles. The molecule has 0 unspecified atom stereocenters. The number of carbonyl (C=O) groups is 1. The summed E-state index contributed by atoms with van der Waals surface area (Å²) in [6.45, 7) is 5.96. The number of thioether (sulfide) groups is 1. The highest BCUT2D eigenvalue weighted by molar-refractivity contribution is 8.14. The molecule has 1 aliphatic heterocycles. The Hall–Kier alpha value is -2.33. The minimum Gasteiger partial charge on any atom is -0.268 e. The molecule has 0 saturated carbocycles. The largest absolute Gasteiger partial charge is 0.268 e. The molecule has 1 aliphatic rings. The lowest BCUT2D eigenvalue weighted by atomic mass is 10.2. The van der Waals surface area contributed by atoms with Crippen molar-refractivity contribution >= 4 is 28.5 Å². The molecule has 0 bridgehead atoms. The van der Waals surface area contributed by atoms with Gasteiger partial charge >= 0.3 is 0 Å². The number of para-hydroxylation sites is 1. The number of amides is 1. The maximum Gasteiger partial charge on any atom is 0.264 e. The minimum atomic E-state index is -0.0644. The summed E-state index contributed by atoms with van der Waals surface area (Å²) >= 11 is 1.60. The van der Waals surface area contributed by atoms with Crippen LogP contribution in [-0.4, -0.2) is 22.9 Å². The molecule has 3 nitrogen and oxygen atoms in total. The fourth-order valence-electron chi connectivity index (χ4n) is 2.34. The van der Waals surface area contributed by atoms with Crippen LogP contribution in [0.1, 0.15) is 17.3 Å². The number of hydrogen-bond acceptors (Lipinski definition) is 3. The quantitative estimate of drug-likeness (QED) is 0.786. The Morgan fingerprint density at radius 2 is 1.74 bits per heavy atom. The number of rotatable bonds is 3. The van der Waals surface area contributed by atoms with Crippen molar-refractivity contribution in [1.29, 1.82) is 0 Å². The topological polar surface area (TPSA) is 32.7 Å². The second-order valence-corrected chi connectivity index (χ2v) is 6.41. The van der Waals surface area contributed by atoms with Gasteiger partial charge in [0.1, 0.15) is 0 Å².